The Balaban J connectivity index is 2.44. The van der Waals surface area contributed by atoms with Gasteiger partial charge in [0.05, 0.1) is 6.61 Å². The average Bonchev–Trinajstić information content (AvgIpc) is 1.99. The van der Waals surface area contributed by atoms with Crippen molar-refractivity contribution in [1.29, 1.82) is 0 Å². The third kappa shape index (κ3) is 2.84. The predicted molar refractivity (Wildman–Crippen MR) is 55.4 cm³/mol. The van der Waals surface area contributed by atoms with Crippen LogP contribution in [0, 0.1) is 0 Å². The highest BCUT2D eigenvalue weighted by Gasteiger charge is 2.38. The fourth-order valence-corrected chi connectivity index (χ4v) is 1.47. The molecule has 1 fully saturated rings. The third-order valence-corrected chi connectivity index (χ3v) is 2.26. The maximum absolute atomic E-state index is 11.6. The number of nitrogens with one attached hydrogen (secondary N) is 1. The van der Waals surface area contributed by atoms with Gasteiger partial charge in [0.2, 0.25) is 5.91 Å². The van der Waals surface area contributed by atoms with Crippen LogP contribution in [0.15, 0.2) is 0 Å². The van der Waals surface area contributed by atoms with Gasteiger partial charge in [-0.2, -0.15) is 0 Å². The molecule has 1 atom stereocenters. The quantitative estimate of drug-likeness (QED) is 0.754. The number of carbonyl (C=O) groups excluding carboxylic acids is 2. The van der Waals surface area contributed by atoms with E-state index in [1.165, 1.54) is 4.90 Å². The predicted octanol–water partition coefficient (Wildman–Crippen LogP) is 0.742. The fraction of sp³-hybridized carbons (Fsp3) is 0.800. The van der Waals surface area contributed by atoms with Crippen molar-refractivity contribution >= 4 is 12.0 Å². The standard InChI is InChI=1S/C10H18N2O3/c1-4-15-10(14)12-6-5-8(12)9(13)11-7(2)3/h7-8H,4-6H2,1-3H3,(H,11,13). The summed E-state index contributed by atoms with van der Waals surface area (Å²) in [5.74, 6) is -0.0932. The molecule has 0 aromatic rings. The molecule has 86 valence electrons. The summed E-state index contributed by atoms with van der Waals surface area (Å²) in [5.41, 5.74) is 0. The van der Waals surface area contributed by atoms with Crippen LogP contribution in [0.2, 0.25) is 0 Å². The molecular formula is C10H18N2O3. The molecule has 1 N–H and O–H groups in total. The van der Waals surface area contributed by atoms with Crippen molar-refractivity contribution in [2.75, 3.05) is 13.2 Å². The Morgan fingerprint density at radius 1 is 1.53 bits per heavy atom. The Morgan fingerprint density at radius 3 is 2.60 bits per heavy atom. The minimum Gasteiger partial charge on any atom is -0.450 e. The van der Waals surface area contributed by atoms with Crippen LogP contribution in [0.3, 0.4) is 0 Å². The van der Waals surface area contributed by atoms with Gasteiger partial charge in [-0.15, -0.1) is 0 Å². The van der Waals surface area contributed by atoms with Crippen molar-refractivity contribution in [2.45, 2.75) is 39.3 Å². The number of carbonyl (C=O) groups is 2. The molecule has 1 aliphatic rings. The summed E-state index contributed by atoms with van der Waals surface area (Å²) < 4.78 is 4.84. The molecule has 0 aromatic carbocycles. The van der Waals surface area contributed by atoms with Crippen LogP contribution >= 0.6 is 0 Å². The summed E-state index contributed by atoms with van der Waals surface area (Å²) >= 11 is 0. The van der Waals surface area contributed by atoms with Crippen molar-refractivity contribution in [3.63, 3.8) is 0 Å². The third-order valence-electron chi connectivity index (χ3n) is 2.26. The average molecular weight is 214 g/mol. The molecule has 1 saturated heterocycles. The number of ether oxygens (including phenoxy) is 1. The van der Waals surface area contributed by atoms with Gasteiger partial charge in [-0.1, -0.05) is 0 Å². The molecule has 0 saturated carbocycles. The molecule has 1 rings (SSSR count). The summed E-state index contributed by atoms with van der Waals surface area (Å²) in [6.07, 6.45) is 0.324. The first-order valence-corrected chi connectivity index (χ1v) is 5.30. The normalized spacial score (nSPS) is 19.7. The number of hydrogen-bond acceptors (Lipinski definition) is 3. The zero-order valence-corrected chi connectivity index (χ0v) is 9.45. The molecular weight excluding hydrogens is 196 g/mol. The smallest absolute Gasteiger partial charge is 0.410 e. The fourth-order valence-electron chi connectivity index (χ4n) is 1.47. The second-order valence-electron chi connectivity index (χ2n) is 3.86. The molecule has 0 spiro atoms. The van der Waals surface area contributed by atoms with Crippen LogP contribution in [0.4, 0.5) is 4.79 Å². The molecule has 0 bridgehead atoms. The Kier molecular flexibility index (Phi) is 3.94. The SMILES string of the molecule is CCOC(=O)N1CCC1C(=O)NC(C)C. The van der Waals surface area contributed by atoms with Crippen LogP contribution in [-0.2, 0) is 9.53 Å². The first kappa shape index (κ1) is 11.8. The largest absolute Gasteiger partial charge is 0.450 e. The Morgan fingerprint density at radius 2 is 2.20 bits per heavy atom. The second-order valence-corrected chi connectivity index (χ2v) is 3.86. The van der Waals surface area contributed by atoms with Crippen molar-refractivity contribution in [2.24, 2.45) is 0 Å². The summed E-state index contributed by atoms with van der Waals surface area (Å²) in [5, 5.41) is 2.78. The first-order valence-electron chi connectivity index (χ1n) is 5.30. The maximum atomic E-state index is 11.6. The van der Waals surface area contributed by atoms with Crippen molar-refractivity contribution < 1.29 is 14.3 Å². The van der Waals surface area contributed by atoms with Gasteiger partial charge in [0.15, 0.2) is 0 Å². The number of hydrogen-bond donors (Lipinski definition) is 1. The number of nitrogens with zero attached hydrogens (tertiary/aromatic N) is 1. The first-order chi connectivity index (χ1) is 7.06. The lowest BCUT2D eigenvalue weighted by Gasteiger charge is -2.38. The maximum Gasteiger partial charge on any atom is 0.410 e. The van der Waals surface area contributed by atoms with E-state index in [1.54, 1.807) is 6.92 Å². The van der Waals surface area contributed by atoms with Gasteiger partial charge in [0.25, 0.3) is 0 Å². The van der Waals surface area contributed by atoms with E-state index in [0.29, 0.717) is 13.2 Å². The van der Waals surface area contributed by atoms with Gasteiger partial charge in [-0.3, -0.25) is 9.69 Å². The Hall–Kier alpha value is -1.26. The number of amides is 2. The van der Waals surface area contributed by atoms with Gasteiger partial charge in [-0.05, 0) is 27.2 Å². The topological polar surface area (TPSA) is 58.6 Å². The number of likely N-dealkylation sites (tertiary alicyclic amines) is 1. The van der Waals surface area contributed by atoms with Crippen LogP contribution in [0.25, 0.3) is 0 Å². The Bertz CT molecular complexity index is 253. The molecule has 5 heteroatoms. The van der Waals surface area contributed by atoms with Gasteiger partial charge >= 0.3 is 6.09 Å². The minimum absolute atomic E-state index is 0.0932. The zero-order chi connectivity index (χ0) is 11.4. The summed E-state index contributed by atoms with van der Waals surface area (Å²) in [4.78, 5) is 24.4. The molecule has 0 aromatic heterocycles. The molecule has 0 aliphatic carbocycles. The van der Waals surface area contributed by atoms with Gasteiger partial charge in [0, 0.05) is 12.6 Å². The van der Waals surface area contributed by atoms with E-state index in [1.807, 2.05) is 13.8 Å². The minimum atomic E-state index is -0.396. The van der Waals surface area contributed by atoms with Gasteiger partial charge < -0.3 is 10.1 Å². The lowest BCUT2D eigenvalue weighted by molar-refractivity contribution is -0.130. The van der Waals surface area contributed by atoms with Crippen LogP contribution in [0.5, 0.6) is 0 Å². The molecule has 2 amide bonds. The lowest BCUT2D eigenvalue weighted by Crippen LogP contribution is -2.59. The van der Waals surface area contributed by atoms with Crippen LogP contribution < -0.4 is 5.32 Å². The van der Waals surface area contributed by atoms with E-state index in [9.17, 15) is 9.59 Å². The van der Waals surface area contributed by atoms with Crippen molar-refractivity contribution in [3.05, 3.63) is 0 Å². The lowest BCUT2D eigenvalue weighted by atomic mass is 10.0. The highest BCUT2D eigenvalue weighted by Crippen LogP contribution is 2.18. The second kappa shape index (κ2) is 5.00. The highest BCUT2D eigenvalue weighted by molar-refractivity contribution is 5.87. The van der Waals surface area contributed by atoms with E-state index in [-0.39, 0.29) is 18.0 Å². The number of rotatable bonds is 3. The molecule has 5 nitrogen and oxygen atoms in total. The molecule has 1 heterocycles. The molecule has 1 unspecified atom stereocenters. The summed E-state index contributed by atoms with van der Waals surface area (Å²) in [6.45, 7) is 6.49. The van der Waals surface area contributed by atoms with Crippen molar-refractivity contribution in [1.82, 2.24) is 10.2 Å². The van der Waals surface area contributed by atoms with Crippen LogP contribution in [-0.4, -0.2) is 42.1 Å². The van der Waals surface area contributed by atoms with Crippen molar-refractivity contribution in [3.8, 4) is 0 Å². The van der Waals surface area contributed by atoms with E-state index in [0.717, 1.165) is 6.42 Å². The van der Waals surface area contributed by atoms with E-state index < -0.39 is 6.09 Å². The monoisotopic (exact) mass is 214 g/mol. The van der Waals surface area contributed by atoms with E-state index >= 15 is 0 Å². The van der Waals surface area contributed by atoms with E-state index in [2.05, 4.69) is 5.32 Å². The molecule has 1 aliphatic heterocycles. The van der Waals surface area contributed by atoms with Crippen LogP contribution in [0.1, 0.15) is 27.2 Å². The van der Waals surface area contributed by atoms with E-state index in [4.69, 9.17) is 4.74 Å². The van der Waals surface area contributed by atoms with Gasteiger partial charge in [0.1, 0.15) is 6.04 Å². The summed E-state index contributed by atoms with van der Waals surface area (Å²) in [7, 11) is 0. The highest BCUT2D eigenvalue weighted by atomic mass is 16.6. The molecule has 0 radical (unpaired) electrons. The molecule has 15 heavy (non-hydrogen) atoms. The Labute approximate surface area is 89.8 Å². The summed E-state index contributed by atoms with van der Waals surface area (Å²) in [6, 6.07) is -0.242. The zero-order valence-electron chi connectivity index (χ0n) is 9.45. The van der Waals surface area contributed by atoms with Gasteiger partial charge in [-0.25, -0.2) is 4.79 Å².